The zero-order valence-corrected chi connectivity index (χ0v) is 24.7. The number of thioether (sulfide) groups is 1. The number of hydrogen-bond donors (Lipinski definition) is 3. The zero-order chi connectivity index (χ0) is 26.9. The van der Waals surface area contributed by atoms with Gasteiger partial charge in [0.05, 0.1) is 0 Å². The Morgan fingerprint density at radius 3 is 2.03 bits per heavy atom. The fraction of sp³-hybridized carbons (Fsp3) is 0.613. The second-order valence-electron chi connectivity index (χ2n) is 12.0. The van der Waals surface area contributed by atoms with Crippen molar-refractivity contribution in [1.82, 2.24) is 10.4 Å². The quantitative estimate of drug-likeness (QED) is 0.149. The largest absolute Gasteiger partial charge is 0.374 e. The Labute approximate surface area is 224 Å². The highest BCUT2D eigenvalue weighted by Crippen LogP contribution is 2.37. The SMILES string of the molecule is CC(C)=CCC/C(C)=C/CC/C(C)=C/CSc1ccc(C(O)NC2CC(C)(C)N(O)C(C)(C)C2)cc1. The molecule has 1 heterocycles. The van der Waals surface area contributed by atoms with Crippen molar-refractivity contribution in [2.24, 2.45) is 0 Å². The molecule has 0 spiro atoms. The van der Waals surface area contributed by atoms with E-state index in [0.29, 0.717) is 0 Å². The van der Waals surface area contributed by atoms with E-state index < -0.39 is 6.23 Å². The maximum atomic E-state index is 10.8. The molecule has 202 valence electrons. The number of allylic oxidation sites excluding steroid dienone is 5. The molecule has 0 aromatic heterocycles. The van der Waals surface area contributed by atoms with E-state index in [1.165, 1.54) is 26.7 Å². The number of hydroxylamine groups is 2. The van der Waals surface area contributed by atoms with Gasteiger partial charge in [-0.05, 0) is 112 Å². The van der Waals surface area contributed by atoms with Crippen molar-refractivity contribution < 1.29 is 10.3 Å². The number of aliphatic hydroxyl groups is 1. The molecule has 1 aliphatic heterocycles. The zero-order valence-electron chi connectivity index (χ0n) is 23.9. The molecule has 1 aromatic rings. The number of nitrogens with zero attached hydrogens (tertiary/aromatic N) is 1. The van der Waals surface area contributed by atoms with Gasteiger partial charge >= 0.3 is 0 Å². The first kappa shape index (κ1) is 30.9. The van der Waals surface area contributed by atoms with Crippen LogP contribution in [0, 0.1) is 0 Å². The van der Waals surface area contributed by atoms with Gasteiger partial charge < -0.3 is 10.3 Å². The van der Waals surface area contributed by atoms with E-state index >= 15 is 0 Å². The monoisotopic (exact) mass is 514 g/mol. The summed E-state index contributed by atoms with van der Waals surface area (Å²) in [6.45, 7) is 17.0. The normalized spacial score (nSPS) is 19.8. The maximum absolute atomic E-state index is 10.8. The Morgan fingerprint density at radius 1 is 0.944 bits per heavy atom. The first-order chi connectivity index (χ1) is 16.8. The van der Waals surface area contributed by atoms with E-state index in [1.54, 1.807) is 0 Å². The molecule has 1 unspecified atom stereocenters. The molecule has 0 bridgehead atoms. The van der Waals surface area contributed by atoms with Crippen molar-refractivity contribution in [3.63, 3.8) is 0 Å². The lowest BCUT2D eigenvalue weighted by Crippen LogP contribution is -2.62. The van der Waals surface area contributed by atoms with Gasteiger partial charge in [0.2, 0.25) is 0 Å². The fourth-order valence-electron chi connectivity index (χ4n) is 5.07. The Hall–Kier alpha value is -1.37. The third kappa shape index (κ3) is 10.2. The van der Waals surface area contributed by atoms with Gasteiger partial charge in [-0.1, -0.05) is 47.1 Å². The molecule has 1 aromatic carbocycles. The van der Waals surface area contributed by atoms with E-state index in [1.807, 2.05) is 51.6 Å². The molecule has 0 amide bonds. The van der Waals surface area contributed by atoms with Crippen molar-refractivity contribution in [3.8, 4) is 0 Å². The molecular formula is C31H50N2O2S. The summed E-state index contributed by atoms with van der Waals surface area (Å²) >= 11 is 1.82. The summed E-state index contributed by atoms with van der Waals surface area (Å²) in [4.78, 5) is 1.21. The Kier molecular flexibility index (Phi) is 12.0. The first-order valence-electron chi connectivity index (χ1n) is 13.4. The van der Waals surface area contributed by atoms with Gasteiger partial charge in [0.1, 0.15) is 6.23 Å². The Balaban J connectivity index is 1.78. The summed E-state index contributed by atoms with van der Waals surface area (Å²) < 4.78 is 0. The molecule has 36 heavy (non-hydrogen) atoms. The minimum absolute atomic E-state index is 0.131. The van der Waals surface area contributed by atoms with Crippen LogP contribution in [0.25, 0.3) is 0 Å². The van der Waals surface area contributed by atoms with Crippen molar-refractivity contribution in [1.29, 1.82) is 0 Å². The van der Waals surface area contributed by atoms with Crippen molar-refractivity contribution in [2.75, 3.05) is 5.75 Å². The number of benzene rings is 1. The van der Waals surface area contributed by atoms with E-state index in [2.05, 4.69) is 63.4 Å². The fourth-order valence-corrected chi connectivity index (χ4v) is 5.96. The number of rotatable bonds is 12. The lowest BCUT2D eigenvalue weighted by atomic mass is 9.79. The van der Waals surface area contributed by atoms with Gasteiger partial charge in [-0.3, -0.25) is 5.32 Å². The third-order valence-electron chi connectivity index (χ3n) is 7.03. The van der Waals surface area contributed by atoms with Crippen molar-refractivity contribution >= 4 is 11.8 Å². The van der Waals surface area contributed by atoms with Gasteiger partial charge in [0, 0.05) is 27.8 Å². The van der Waals surface area contributed by atoms with Crippen molar-refractivity contribution in [3.05, 3.63) is 64.8 Å². The molecule has 4 nitrogen and oxygen atoms in total. The number of nitrogens with one attached hydrogen (secondary N) is 1. The minimum atomic E-state index is -0.716. The van der Waals surface area contributed by atoms with Crippen LogP contribution in [0.4, 0.5) is 0 Å². The number of piperidine rings is 1. The summed E-state index contributed by atoms with van der Waals surface area (Å²) in [6, 6.07) is 8.34. The van der Waals surface area contributed by atoms with Crippen LogP contribution in [-0.4, -0.2) is 38.2 Å². The van der Waals surface area contributed by atoms with Gasteiger partial charge in [0.15, 0.2) is 0 Å². The molecule has 5 heteroatoms. The van der Waals surface area contributed by atoms with Crippen LogP contribution in [0.5, 0.6) is 0 Å². The molecule has 1 aliphatic rings. The lowest BCUT2D eigenvalue weighted by molar-refractivity contribution is -0.247. The van der Waals surface area contributed by atoms with Crippen LogP contribution in [-0.2, 0) is 0 Å². The third-order valence-corrected chi connectivity index (χ3v) is 7.97. The summed E-state index contributed by atoms with van der Waals surface area (Å²) in [5.41, 5.74) is 4.51. The summed E-state index contributed by atoms with van der Waals surface area (Å²) in [5, 5.41) is 26.2. The van der Waals surface area contributed by atoms with E-state index in [9.17, 15) is 10.3 Å². The summed E-state index contributed by atoms with van der Waals surface area (Å²) in [5.74, 6) is 0.957. The molecule has 0 radical (unpaired) electrons. The molecule has 0 aliphatic carbocycles. The average Bonchev–Trinajstić information content (AvgIpc) is 2.77. The van der Waals surface area contributed by atoms with E-state index in [0.717, 1.165) is 49.8 Å². The average molecular weight is 515 g/mol. The summed E-state index contributed by atoms with van der Waals surface area (Å²) in [7, 11) is 0. The topological polar surface area (TPSA) is 55.7 Å². The van der Waals surface area contributed by atoms with Crippen molar-refractivity contribution in [2.45, 2.75) is 122 Å². The standard InChI is InChI=1S/C31H50N2O2S/c1-23(2)11-9-12-24(3)13-10-14-25(4)19-20-36-28-17-15-26(16-18-28)29(34)32-27-21-30(5,6)33(35)31(7,8)22-27/h11,13,15-19,27,29,32,34-35H,9-10,12,14,20-22H2,1-8H3/b24-13+,25-19+. The van der Waals surface area contributed by atoms with E-state index in [-0.39, 0.29) is 17.1 Å². The second kappa shape index (κ2) is 14.0. The Morgan fingerprint density at radius 2 is 1.47 bits per heavy atom. The molecular weight excluding hydrogens is 464 g/mol. The predicted molar refractivity (Wildman–Crippen MR) is 155 cm³/mol. The maximum Gasteiger partial charge on any atom is 0.131 e. The highest BCUT2D eigenvalue weighted by Gasteiger charge is 2.45. The Bertz CT molecular complexity index is 893. The van der Waals surface area contributed by atoms with Crippen LogP contribution >= 0.6 is 11.8 Å². The molecule has 0 saturated carbocycles. The predicted octanol–water partition coefficient (Wildman–Crippen LogP) is 8.19. The summed E-state index contributed by atoms with van der Waals surface area (Å²) in [6.07, 6.45) is 12.4. The van der Waals surface area contributed by atoms with E-state index in [4.69, 9.17) is 0 Å². The van der Waals surface area contributed by atoms with Crippen LogP contribution in [0.3, 0.4) is 0 Å². The van der Waals surface area contributed by atoms with Gasteiger partial charge in [-0.15, -0.1) is 11.8 Å². The molecule has 1 fully saturated rings. The highest BCUT2D eigenvalue weighted by molar-refractivity contribution is 7.99. The second-order valence-corrected chi connectivity index (χ2v) is 13.0. The van der Waals surface area contributed by atoms with Gasteiger partial charge in [0.25, 0.3) is 0 Å². The highest BCUT2D eigenvalue weighted by atomic mass is 32.2. The minimum Gasteiger partial charge on any atom is -0.374 e. The van der Waals surface area contributed by atoms with Crippen LogP contribution < -0.4 is 5.32 Å². The molecule has 1 saturated heterocycles. The van der Waals surface area contributed by atoms with Gasteiger partial charge in [-0.25, -0.2) is 0 Å². The number of hydrogen-bond acceptors (Lipinski definition) is 5. The lowest BCUT2D eigenvalue weighted by Gasteiger charge is -2.52. The van der Waals surface area contributed by atoms with Crippen LogP contribution in [0.2, 0.25) is 0 Å². The van der Waals surface area contributed by atoms with Crippen LogP contribution in [0.15, 0.2) is 64.1 Å². The van der Waals surface area contributed by atoms with Crippen LogP contribution in [0.1, 0.15) is 106 Å². The molecule has 3 N–H and O–H groups in total. The molecule has 2 rings (SSSR count). The number of aliphatic hydroxyl groups excluding tert-OH is 1. The first-order valence-corrected chi connectivity index (χ1v) is 14.4. The smallest absolute Gasteiger partial charge is 0.131 e. The molecule has 1 atom stereocenters. The van der Waals surface area contributed by atoms with Gasteiger partial charge in [-0.2, -0.15) is 5.06 Å².